The molecule has 5 atom stereocenters. The first kappa shape index (κ1) is 23.8. The Morgan fingerprint density at radius 1 is 1.38 bits per heavy atom. The standard InChI is InChI=1S/C23H33BO4S/c1-16-8-11-19(29-16)12-9-18(25)10-13-20-17(15-24)14-22(26)21(20)6-4-2-3-5-7-23(27)28/h2,4,8,10-11,13,15,17-18,20-22,24-26H,3,5-7,9,12,14H2,1H3,(H,27,28)/b4-2-,13-10+/t17-,18-,20-,21+,22?/m0/s1. The molecule has 6 heteroatoms. The van der Waals surface area contributed by atoms with E-state index in [2.05, 4.69) is 38.7 Å². The van der Waals surface area contributed by atoms with Crippen molar-refractivity contribution in [1.82, 2.24) is 0 Å². The van der Waals surface area contributed by atoms with E-state index in [-0.39, 0.29) is 30.3 Å². The van der Waals surface area contributed by atoms with Crippen LogP contribution < -0.4 is 0 Å². The molecule has 29 heavy (non-hydrogen) atoms. The average Bonchev–Trinajstić information content (AvgIpc) is 3.23. The summed E-state index contributed by atoms with van der Waals surface area (Å²) >= 11 is 1.77. The molecule has 3 N–H and O–H groups in total. The first-order valence-corrected chi connectivity index (χ1v) is 11.3. The maximum absolute atomic E-state index is 10.6. The fraction of sp³-hybridized carbons (Fsp3) is 0.565. The van der Waals surface area contributed by atoms with Crippen molar-refractivity contribution in [3.8, 4) is 0 Å². The normalized spacial score (nSPS) is 25.7. The van der Waals surface area contributed by atoms with Crippen molar-refractivity contribution in [2.45, 2.75) is 64.1 Å². The fourth-order valence-electron chi connectivity index (χ4n) is 4.04. The first-order chi connectivity index (χ1) is 13.9. The van der Waals surface area contributed by atoms with Crippen LogP contribution in [0.3, 0.4) is 0 Å². The Balaban J connectivity index is 1.87. The number of aryl methyl sites for hydroxylation is 2. The summed E-state index contributed by atoms with van der Waals surface area (Å²) in [7, 11) is 3.92. The zero-order valence-corrected chi connectivity index (χ0v) is 18.1. The average molecular weight is 416 g/mol. The van der Waals surface area contributed by atoms with Crippen molar-refractivity contribution in [3.63, 3.8) is 0 Å². The third kappa shape index (κ3) is 8.04. The zero-order valence-electron chi connectivity index (χ0n) is 17.2. The van der Waals surface area contributed by atoms with E-state index in [0.29, 0.717) is 19.3 Å². The van der Waals surface area contributed by atoms with Gasteiger partial charge in [0.15, 0.2) is 0 Å². The third-order valence-electron chi connectivity index (χ3n) is 5.67. The fourth-order valence-corrected chi connectivity index (χ4v) is 4.95. The van der Waals surface area contributed by atoms with E-state index in [4.69, 9.17) is 5.11 Å². The number of aliphatic hydroxyl groups excluding tert-OH is 2. The molecule has 1 heterocycles. The number of aliphatic carboxylic acids is 1. The van der Waals surface area contributed by atoms with Gasteiger partial charge in [0.25, 0.3) is 0 Å². The summed E-state index contributed by atoms with van der Waals surface area (Å²) in [5.41, 5.74) is 0. The van der Waals surface area contributed by atoms with E-state index < -0.39 is 12.1 Å². The Morgan fingerprint density at radius 3 is 2.83 bits per heavy atom. The molecule has 0 amide bonds. The van der Waals surface area contributed by atoms with Gasteiger partial charge in [0.05, 0.1) is 0 Å². The van der Waals surface area contributed by atoms with Crippen molar-refractivity contribution >= 4 is 30.8 Å². The number of hydrogen-bond donors (Lipinski definition) is 3. The van der Waals surface area contributed by atoms with Crippen LogP contribution in [-0.2, 0) is 11.2 Å². The molecular formula is C23H33BO4S. The Morgan fingerprint density at radius 2 is 2.17 bits per heavy atom. The van der Waals surface area contributed by atoms with Gasteiger partial charge < -0.3 is 0 Å². The number of carbonyl (C=O) groups is 1. The van der Waals surface area contributed by atoms with Gasteiger partial charge in [-0.1, -0.05) is 0 Å². The van der Waals surface area contributed by atoms with Gasteiger partial charge in [-0.3, -0.25) is 0 Å². The minimum atomic E-state index is -0.767. The molecule has 0 radical (unpaired) electrons. The molecule has 1 aliphatic carbocycles. The molecule has 2 rings (SSSR count). The summed E-state index contributed by atoms with van der Waals surface area (Å²) in [4.78, 5) is 13.1. The first-order valence-electron chi connectivity index (χ1n) is 10.5. The van der Waals surface area contributed by atoms with Crippen molar-refractivity contribution in [2.75, 3.05) is 0 Å². The molecule has 1 saturated carbocycles. The third-order valence-corrected chi connectivity index (χ3v) is 6.73. The maximum atomic E-state index is 10.6. The molecule has 1 aliphatic rings. The van der Waals surface area contributed by atoms with Gasteiger partial charge in [0.2, 0.25) is 0 Å². The number of allylic oxidation sites excluding steroid dienone is 3. The Bertz CT molecular complexity index is 711. The van der Waals surface area contributed by atoms with Crippen molar-refractivity contribution < 1.29 is 20.1 Å². The van der Waals surface area contributed by atoms with Crippen molar-refractivity contribution in [1.29, 1.82) is 0 Å². The SMILES string of the molecule is B=C[C@@H]1CC(O)[C@H](C/C=C\CCCC(=O)O)[C@H]1/C=C/[C@@H](O)CCc1ccc(C)s1. The molecule has 0 bridgehead atoms. The molecule has 1 aromatic rings. The van der Waals surface area contributed by atoms with Crippen LogP contribution in [0.15, 0.2) is 36.4 Å². The number of hydrogen-bond acceptors (Lipinski definition) is 4. The number of unbranched alkanes of at least 4 members (excludes halogenated alkanes) is 1. The van der Waals surface area contributed by atoms with Crippen molar-refractivity contribution in [2.24, 2.45) is 17.8 Å². The predicted octanol–water partition coefficient (Wildman–Crippen LogP) is 3.42. The second kappa shape index (κ2) is 12.3. The Labute approximate surface area is 179 Å². The van der Waals surface area contributed by atoms with Gasteiger partial charge in [-0.25, -0.2) is 0 Å². The molecule has 0 aliphatic heterocycles. The van der Waals surface area contributed by atoms with E-state index in [1.165, 1.54) is 9.75 Å². The van der Waals surface area contributed by atoms with Gasteiger partial charge in [-0.05, 0) is 0 Å². The van der Waals surface area contributed by atoms with E-state index in [1.54, 1.807) is 11.3 Å². The molecule has 0 spiro atoms. The zero-order chi connectivity index (χ0) is 21.2. The molecular weight excluding hydrogens is 383 g/mol. The summed E-state index contributed by atoms with van der Waals surface area (Å²) in [6.07, 6.45) is 11.7. The quantitative estimate of drug-likeness (QED) is 0.277. The number of thiophene rings is 1. The Kier molecular flexibility index (Phi) is 10.1. The van der Waals surface area contributed by atoms with Crippen LogP contribution in [0.5, 0.6) is 0 Å². The molecule has 1 unspecified atom stereocenters. The van der Waals surface area contributed by atoms with Crippen LogP contribution in [0.25, 0.3) is 0 Å². The topological polar surface area (TPSA) is 77.8 Å². The summed E-state index contributed by atoms with van der Waals surface area (Å²) in [5, 5.41) is 29.6. The monoisotopic (exact) mass is 416 g/mol. The number of aliphatic hydroxyl groups is 2. The molecule has 0 aromatic carbocycles. The van der Waals surface area contributed by atoms with Crippen LogP contribution in [0.4, 0.5) is 0 Å². The summed E-state index contributed by atoms with van der Waals surface area (Å²) < 4.78 is 0. The molecule has 1 aromatic heterocycles. The summed E-state index contributed by atoms with van der Waals surface area (Å²) in [6.45, 7) is 2.09. The summed E-state index contributed by atoms with van der Waals surface area (Å²) in [5.74, 6) is 1.60. The van der Waals surface area contributed by atoms with Gasteiger partial charge in [0.1, 0.15) is 0 Å². The number of rotatable bonds is 12. The van der Waals surface area contributed by atoms with E-state index >= 15 is 0 Å². The molecule has 158 valence electrons. The van der Waals surface area contributed by atoms with E-state index in [1.807, 2.05) is 18.1 Å². The van der Waals surface area contributed by atoms with Gasteiger partial charge in [-0.2, -0.15) is 0 Å². The summed E-state index contributed by atoms with van der Waals surface area (Å²) in [6, 6.07) is 4.23. The minimum absolute atomic E-state index is 0.0946. The number of carboxylic acid groups (broad SMARTS) is 1. The van der Waals surface area contributed by atoms with Crippen molar-refractivity contribution in [3.05, 3.63) is 46.2 Å². The second-order valence-corrected chi connectivity index (χ2v) is 9.31. The Hall–Kier alpha value is -1.50. The van der Waals surface area contributed by atoms with Gasteiger partial charge >= 0.3 is 179 Å². The molecule has 4 nitrogen and oxygen atoms in total. The van der Waals surface area contributed by atoms with Gasteiger partial charge in [-0.15, -0.1) is 0 Å². The number of carboxylic acids is 1. The van der Waals surface area contributed by atoms with Gasteiger partial charge in [0, 0.05) is 0 Å². The second-order valence-electron chi connectivity index (χ2n) is 7.94. The van der Waals surface area contributed by atoms with Crippen LogP contribution >= 0.6 is 11.3 Å². The van der Waals surface area contributed by atoms with Crippen LogP contribution in [0, 0.1) is 24.7 Å². The van der Waals surface area contributed by atoms with Crippen LogP contribution in [-0.4, -0.2) is 47.0 Å². The van der Waals surface area contributed by atoms with Crippen LogP contribution in [0.2, 0.25) is 0 Å². The van der Waals surface area contributed by atoms with E-state index in [0.717, 1.165) is 19.3 Å². The predicted molar refractivity (Wildman–Crippen MR) is 122 cm³/mol. The van der Waals surface area contributed by atoms with E-state index in [9.17, 15) is 15.0 Å². The van der Waals surface area contributed by atoms with Crippen LogP contribution in [0.1, 0.15) is 48.3 Å². The molecule has 1 fully saturated rings. The molecule has 0 saturated heterocycles.